The second kappa shape index (κ2) is 8.45. The Bertz CT molecular complexity index is 1790. The largest absolute Gasteiger partial charge is 0.457 e. The topological polar surface area (TPSA) is 138 Å². The average molecular weight is 493 g/mol. The number of hydrogen-bond acceptors (Lipinski definition) is 8. The number of sulfonamides is 1. The molecule has 5 rings (SSSR count). The van der Waals surface area contributed by atoms with Crippen LogP contribution in [0, 0.1) is 0 Å². The van der Waals surface area contributed by atoms with Crippen molar-refractivity contribution in [1.29, 1.82) is 0 Å². The van der Waals surface area contributed by atoms with E-state index in [1.165, 1.54) is 12.1 Å². The van der Waals surface area contributed by atoms with Gasteiger partial charge in [-0.1, -0.05) is 41.7 Å². The van der Waals surface area contributed by atoms with Gasteiger partial charge in [-0.2, -0.15) is 14.6 Å². The van der Waals surface area contributed by atoms with Crippen LogP contribution in [0.4, 0.5) is 0 Å². The van der Waals surface area contributed by atoms with Crippen LogP contribution >= 0.6 is 11.3 Å². The lowest BCUT2D eigenvalue weighted by Gasteiger charge is -2.00. The molecule has 2 aromatic carbocycles. The van der Waals surface area contributed by atoms with E-state index >= 15 is 0 Å². The van der Waals surface area contributed by atoms with Crippen molar-refractivity contribution in [2.24, 2.45) is 5.14 Å². The zero-order valence-corrected chi connectivity index (χ0v) is 19.0. The lowest BCUT2D eigenvalue weighted by atomic mass is 10.1. The fraction of sp³-hybridized carbons (Fsp3) is 0.0435. The zero-order chi connectivity index (χ0) is 23.9. The molecule has 0 saturated carbocycles. The van der Waals surface area contributed by atoms with E-state index in [2.05, 4.69) is 10.1 Å². The molecule has 0 aliphatic carbocycles. The Kier molecular flexibility index (Phi) is 5.44. The molecule has 0 unspecified atom stereocenters. The van der Waals surface area contributed by atoms with Gasteiger partial charge in [-0.3, -0.25) is 9.59 Å². The van der Waals surface area contributed by atoms with Crippen molar-refractivity contribution in [1.82, 2.24) is 14.6 Å². The number of thiazole rings is 1. The standard InChI is InChI=1S/C23H16N4O5S2/c24-34(30,31)17-9-6-15(7-10-17)19-11-8-16(32-19)13-20-22(29)27-23(33-20)25-21(28)18(26-27)12-14-4-2-1-3-5-14/h1-11,13H,12H2,(H2,24,30,31)/b20-13+. The molecule has 3 heterocycles. The van der Waals surface area contributed by atoms with Crippen LogP contribution in [0.2, 0.25) is 0 Å². The first-order chi connectivity index (χ1) is 16.3. The molecule has 0 radical (unpaired) electrons. The fourth-order valence-electron chi connectivity index (χ4n) is 3.36. The number of benzene rings is 2. The minimum atomic E-state index is -3.79. The average Bonchev–Trinajstić information content (AvgIpc) is 3.39. The summed E-state index contributed by atoms with van der Waals surface area (Å²) in [5.41, 5.74) is 0.846. The molecular formula is C23H16N4O5S2. The molecule has 34 heavy (non-hydrogen) atoms. The van der Waals surface area contributed by atoms with Crippen molar-refractivity contribution >= 4 is 32.4 Å². The van der Waals surface area contributed by atoms with E-state index in [0.717, 1.165) is 21.4 Å². The third-order valence-corrected chi connectivity index (χ3v) is 6.92. The summed E-state index contributed by atoms with van der Waals surface area (Å²) in [5.74, 6) is 0.887. The summed E-state index contributed by atoms with van der Waals surface area (Å²) in [7, 11) is -3.79. The lowest BCUT2D eigenvalue weighted by Crippen LogP contribution is -2.28. The van der Waals surface area contributed by atoms with Gasteiger partial charge in [0.2, 0.25) is 15.0 Å². The van der Waals surface area contributed by atoms with Crippen LogP contribution in [-0.2, 0) is 16.4 Å². The highest BCUT2D eigenvalue weighted by atomic mass is 32.2. The summed E-state index contributed by atoms with van der Waals surface area (Å²) in [5, 5.41) is 9.36. The molecule has 0 saturated heterocycles. The minimum Gasteiger partial charge on any atom is -0.457 e. The second-order valence-corrected chi connectivity index (χ2v) is 9.98. The molecular weight excluding hydrogens is 476 g/mol. The van der Waals surface area contributed by atoms with Gasteiger partial charge in [0.25, 0.3) is 11.1 Å². The Hall–Kier alpha value is -3.93. The molecule has 0 fully saturated rings. The maximum Gasteiger partial charge on any atom is 0.296 e. The van der Waals surface area contributed by atoms with Crippen LogP contribution in [0.25, 0.3) is 22.4 Å². The highest BCUT2D eigenvalue weighted by molar-refractivity contribution is 7.89. The predicted molar refractivity (Wildman–Crippen MR) is 127 cm³/mol. The van der Waals surface area contributed by atoms with Gasteiger partial charge >= 0.3 is 0 Å². The highest BCUT2D eigenvalue weighted by Gasteiger charge is 2.13. The predicted octanol–water partition coefficient (Wildman–Crippen LogP) is 1.56. The number of rotatable bonds is 5. The molecule has 0 spiro atoms. The molecule has 3 aromatic heterocycles. The third-order valence-electron chi connectivity index (χ3n) is 5.03. The molecule has 9 nitrogen and oxygen atoms in total. The number of aromatic nitrogens is 3. The van der Waals surface area contributed by atoms with Gasteiger partial charge < -0.3 is 4.42 Å². The van der Waals surface area contributed by atoms with Gasteiger partial charge in [-0.25, -0.2) is 13.6 Å². The minimum absolute atomic E-state index is 0.00253. The Morgan fingerprint density at radius 1 is 1.00 bits per heavy atom. The number of primary sulfonamides is 1. The zero-order valence-electron chi connectivity index (χ0n) is 17.4. The first-order valence-corrected chi connectivity index (χ1v) is 12.4. The molecule has 0 aliphatic heterocycles. The van der Waals surface area contributed by atoms with Gasteiger partial charge in [-0.05, 0) is 42.0 Å². The van der Waals surface area contributed by atoms with Crippen LogP contribution in [-0.4, -0.2) is 23.0 Å². The number of furan rings is 1. The van der Waals surface area contributed by atoms with Crippen LogP contribution in [0.1, 0.15) is 17.0 Å². The summed E-state index contributed by atoms with van der Waals surface area (Å²) in [4.78, 5) is 29.5. The Labute approximate surface area is 196 Å². The van der Waals surface area contributed by atoms with E-state index in [0.29, 0.717) is 21.6 Å². The van der Waals surface area contributed by atoms with E-state index in [4.69, 9.17) is 9.56 Å². The van der Waals surface area contributed by atoms with Crippen molar-refractivity contribution in [3.8, 4) is 11.3 Å². The van der Waals surface area contributed by atoms with Crippen LogP contribution in [0.15, 0.2) is 85.6 Å². The molecule has 0 aliphatic rings. The summed E-state index contributed by atoms with van der Waals surface area (Å²) in [6, 6.07) is 18.7. The normalized spacial score (nSPS) is 12.4. The van der Waals surface area contributed by atoms with Crippen molar-refractivity contribution in [3.63, 3.8) is 0 Å². The van der Waals surface area contributed by atoms with Gasteiger partial charge in [0, 0.05) is 18.1 Å². The van der Waals surface area contributed by atoms with E-state index < -0.39 is 21.1 Å². The van der Waals surface area contributed by atoms with Gasteiger partial charge in [0.05, 0.1) is 4.90 Å². The number of nitrogens with two attached hydrogens (primary N) is 1. The van der Waals surface area contributed by atoms with E-state index in [1.54, 1.807) is 30.3 Å². The molecule has 0 atom stereocenters. The molecule has 2 N–H and O–H groups in total. The van der Waals surface area contributed by atoms with Crippen molar-refractivity contribution in [3.05, 3.63) is 109 Å². The Balaban J connectivity index is 1.49. The first kappa shape index (κ1) is 21.9. The summed E-state index contributed by atoms with van der Waals surface area (Å²) >= 11 is 1.04. The monoisotopic (exact) mass is 492 g/mol. The summed E-state index contributed by atoms with van der Waals surface area (Å²) < 4.78 is 30.1. The SMILES string of the molecule is NS(=O)(=O)c1ccc(-c2ccc(/C=c3/sc4nc(=O)c(Cc5ccccc5)nn4c3=O)o2)cc1. The van der Waals surface area contributed by atoms with Gasteiger partial charge in [0.15, 0.2) is 0 Å². The molecule has 0 amide bonds. The third kappa shape index (κ3) is 4.31. The van der Waals surface area contributed by atoms with Crippen LogP contribution < -0.4 is 20.8 Å². The van der Waals surface area contributed by atoms with E-state index in [9.17, 15) is 18.0 Å². The number of hydrogen-bond donors (Lipinski definition) is 1. The highest BCUT2D eigenvalue weighted by Crippen LogP contribution is 2.23. The maximum absolute atomic E-state index is 12.9. The summed E-state index contributed by atoms with van der Waals surface area (Å²) in [6.45, 7) is 0. The van der Waals surface area contributed by atoms with E-state index in [-0.39, 0.29) is 22.0 Å². The first-order valence-electron chi connectivity index (χ1n) is 9.99. The Morgan fingerprint density at radius 2 is 1.74 bits per heavy atom. The molecule has 0 bridgehead atoms. The number of nitrogens with zero attached hydrogens (tertiary/aromatic N) is 3. The van der Waals surface area contributed by atoms with E-state index in [1.807, 2.05) is 30.3 Å². The number of fused-ring (bicyclic) bond motifs is 1. The fourth-order valence-corrected chi connectivity index (χ4v) is 4.76. The Morgan fingerprint density at radius 3 is 2.44 bits per heavy atom. The quantitative estimate of drug-likeness (QED) is 0.393. The maximum atomic E-state index is 12.9. The van der Waals surface area contributed by atoms with Crippen molar-refractivity contribution < 1.29 is 12.8 Å². The van der Waals surface area contributed by atoms with Crippen molar-refractivity contribution in [2.75, 3.05) is 0 Å². The summed E-state index contributed by atoms with van der Waals surface area (Å²) in [6.07, 6.45) is 1.82. The second-order valence-electron chi connectivity index (χ2n) is 7.41. The van der Waals surface area contributed by atoms with Crippen LogP contribution in [0.5, 0.6) is 0 Å². The van der Waals surface area contributed by atoms with Crippen molar-refractivity contribution in [2.45, 2.75) is 11.3 Å². The molecule has 11 heteroatoms. The van der Waals surface area contributed by atoms with Crippen LogP contribution in [0.3, 0.4) is 0 Å². The lowest BCUT2D eigenvalue weighted by molar-refractivity contribution is 0.571. The smallest absolute Gasteiger partial charge is 0.296 e. The van der Waals surface area contributed by atoms with Gasteiger partial charge in [-0.15, -0.1) is 0 Å². The molecule has 170 valence electrons. The molecule has 5 aromatic rings. The van der Waals surface area contributed by atoms with Gasteiger partial charge in [0.1, 0.15) is 21.7 Å².